The van der Waals surface area contributed by atoms with Gasteiger partial charge in [0.15, 0.2) is 6.19 Å². The van der Waals surface area contributed by atoms with E-state index in [1.54, 1.807) is 0 Å². The van der Waals surface area contributed by atoms with E-state index in [4.69, 9.17) is 0 Å². The third kappa shape index (κ3) is 1.87. The molecule has 5 nitrogen and oxygen atoms in total. The molecule has 0 radical (unpaired) electrons. The first-order valence-electron chi connectivity index (χ1n) is 7.32. The summed E-state index contributed by atoms with van der Waals surface area (Å²) in [5.41, 5.74) is 1.70. The van der Waals surface area contributed by atoms with E-state index in [1.165, 1.54) is 0 Å². The molecule has 2 bridgehead atoms. The molecule has 3 heterocycles. The second-order valence-electron chi connectivity index (χ2n) is 5.90. The molecule has 3 atom stereocenters. The molecule has 1 aromatic carbocycles. The zero-order valence-electron chi connectivity index (χ0n) is 11.5. The van der Waals surface area contributed by atoms with Crippen LogP contribution in [0.3, 0.4) is 0 Å². The van der Waals surface area contributed by atoms with Crippen molar-refractivity contribution < 1.29 is 4.79 Å². The fourth-order valence-corrected chi connectivity index (χ4v) is 3.75. The van der Waals surface area contributed by atoms with E-state index in [2.05, 4.69) is 16.5 Å². The number of aromatic amines is 1. The molecule has 1 aromatic heterocycles. The van der Waals surface area contributed by atoms with Gasteiger partial charge in [-0.25, -0.2) is 0 Å². The van der Waals surface area contributed by atoms with Crippen LogP contribution in [0, 0.1) is 11.5 Å². The van der Waals surface area contributed by atoms with Gasteiger partial charge in [-0.05, 0) is 43.5 Å². The quantitative estimate of drug-likeness (QED) is 0.826. The van der Waals surface area contributed by atoms with E-state index in [0.717, 1.165) is 30.2 Å². The predicted molar refractivity (Wildman–Crippen MR) is 78.4 cm³/mol. The number of amides is 1. The number of carbonyl (C=O) groups is 1. The molecule has 5 heteroatoms. The number of hydrogen-bond donors (Lipinski definition) is 2. The Morgan fingerprint density at radius 3 is 3.10 bits per heavy atom. The lowest BCUT2D eigenvalue weighted by molar-refractivity contribution is 0.0928. The molecule has 0 aliphatic carbocycles. The first-order valence-corrected chi connectivity index (χ1v) is 7.32. The Labute approximate surface area is 122 Å². The zero-order valence-corrected chi connectivity index (χ0v) is 11.5. The van der Waals surface area contributed by atoms with Crippen LogP contribution in [0.5, 0.6) is 0 Å². The van der Waals surface area contributed by atoms with Crippen LogP contribution in [0.4, 0.5) is 0 Å². The van der Waals surface area contributed by atoms with Crippen molar-refractivity contribution in [1.29, 1.82) is 5.26 Å². The number of hydrogen-bond acceptors (Lipinski definition) is 3. The molecular formula is C16H16N4O. The molecule has 2 fully saturated rings. The van der Waals surface area contributed by atoms with Gasteiger partial charge in [0.1, 0.15) is 0 Å². The molecule has 3 unspecified atom stereocenters. The maximum absolute atomic E-state index is 12.4. The van der Waals surface area contributed by atoms with E-state index in [9.17, 15) is 10.1 Å². The minimum atomic E-state index is -0.0476. The first kappa shape index (κ1) is 12.3. The number of nitrogens with one attached hydrogen (secondary N) is 2. The van der Waals surface area contributed by atoms with Crippen molar-refractivity contribution in [1.82, 2.24) is 15.2 Å². The Bertz CT molecular complexity index is 744. The Kier molecular flexibility index (Phi) is 2.64. The summed E-state index contributed by atoms with van der Waals surface area (Å²) in [5, 5.41) is 13.3. The van der Waals surface area contributed by atoms with Crippen LogP contribution in [0.25, 0.3) is 10.9 Å². The molecule has 2 aliphatic heterocycles. The Morgan fingerprint density at radius 2 is 2.29 bits per heavy atom. The number of nitriles is 1. The summed E-state index contributed by atoms with van der Waals surface area (Å²) in [7, 11) is 0. The molecule has 2 saturated heterocycles. The smallest absolute Gasteiger partial charge is 0.251 e. The topological polar surface area (TPSA) is 71.9 Å². The monoisotopic (exact) mass is 280 g/mol. The molecule has 0 spiro atoms. The van der Waals surface area contributed by atoms with E-state index in [0.29, 0.717) is 11.6 Å². The lowest BCUT2D eigenvalue weighted by Gasteiger charge is -2.21. The minimum absolute atomic E-state index is 0.0476. The second kappa shape index (κ2) is 4.52. The third-order valence-electron chi connectivity index (χ3n) is 4.78. The van der Waals surface area contributed by atoms with E-state index >= 15 is 0 Å². The largest absolute Gasteiger partial charge is 0.361 e. The highest BCUT2D eigenvalue weighted by Gasteiger charge is 2.46. The van der Waals surface area contributed by atoms with Crippen LogP contribution in [0.2, 0.25) is 0 Å². The van der Waals surface area contributed by atoms with Crippen molar-refractivity contribution in [2.45, 2.75) is 37.4 Å². The third-order valence-corrected chi connectivity index (χ3v) is 4.78. The van der Waals surface area contributed by atoms with Gasteiger partial charge < -0.3 is 15.2 Å². The summed E-state index contributed by atoms with van der Waals surface area (Å²) in [6.45, 7) is 0. The maximum Gasteiger partial charge on any atom is 0.251 e. The SMILES string of the molecule is N#CN1C2CCC1C(NC(=O)c1ccc3[nH]ccc3c1)C2. The number of H-pyrrole nitrogens is 1. The number of benzene rings is 1. The predicted octanol–water partition coefficient (Wildman–Crippen LogP) is 1.98. The lowest BCUT2D eigenvalue weighted by Crippen LogP contribution is -2.43. The van der Waals surface area contributed by atoms with Gasteiger partial charge in [-0.2, -0.15) is 5.26 Å². The Morgan fingerprint density at radius 1 is 1.38 bits per heavy atom. The average Bonchev–Trinajstić information content (AvgIpc) is 3.19. The van der Waals surface area contributed by atoms with Crippen LogP contribution in [0.15, 0.2) is 30.5 Å². The molecule has 0 saturated carbocycles. The summed E-state index contributed by atoms with van der Waals surface area (Å²) in [4.78, 5) is 17.4. The fraction of sp³-hybridized carbons (Fsp3) is 0.375. The van der Waals surface area contributed by atoms with Gasteiger partial charge in [0.05, 0.1) is 12.1 Å². The van der Waals surface area contributed by atoms with Crippen LogP contribution in [-0.2, 0) is 0 Å². The number of rotatable bonds is 2. The molecular weight excluding hydrogens is 264 g/mol. The number of nitrogens with zero attached hydrogens (tertiary/aromatic N) is 2. The van der Waals surface area contributed by atoms with Gasteiger partial charge in [0, 0.05) is 28.7 Å². The molecule has 2 aromatic rings. The van der Waals surface area contributed by atoms with Crippen LogP contribution >= 0.6 is 0 Å². The lowest BCUT2D eigenvalue weighted by atomic mass is 9.95. The van der Waals surface area contributed by atoms with Gasteiger partial charge in [0.25, 0.3) is 5.91 Å². The Hall–Kier alpha value is -2.48. The van der Waals surface area contributed by atoms with Gasteiger partial charge in [-0.15, -0.1) is 0 Å². The molecule has 21 heavy (non-hydrogen) atoms. The van der Waals surface area contributed by atoms with Gasteiger partial charge in [-0.3, -0.25) is 4.79 Å². The molecule has 4 rings (SSSR count). The summed E-state index contributed by atoms with van der Waals surface area (Å²) in [6, 6.07) is 8.21. The highest BCUT2D eigenvalue weighted by atomic mass is 16.1. The minimum Gasteiger partial charge on any atom is -0.361 e. The highest BCUT2D eigenvalue weighted by molar-refractivity contribution is 5.98. The standard InChI is InChI=1S/C16H16N4O/c17-9-20-12-2-4-15(20)14(8-12)19-16(21)11-1-3-13-10(7-11)5-6-18-13/h1,3,5-7,12,14-15,18H,2,4,8H2,(H,19,21). The second-order valence-corrected chi connectivity index (χ2v) is 5.90. The van der Waals surface area contributed by atoms with E-state index in [-0.39, 0.29) is 18.0 Å². The van der Waals surface area contributed by atoms with Crippen molar-refractivity contribution in [3.63, 3.8) is 0 Å². The van der Waals surface area contributed by atoms with Crippen LogP contribution < -0.4 is 5.32 Å². The Balaban J connectivity index is 1.52. The number of aromatic nitrogens is 1. The fourth-order valence-electron chi connectivity index (χ4n) is 3.75. The summed E-state index contributed by atoms with van der Waals surface area (Å²) in [6.07, 6.45) is 7.09. The maximum atomic E-state index is 12.4. The molecule has 2 N–H and O–H groups in total. The average molecular weight is 280 g/mol. The van der Waals surface area contributed by atoms with Crippen LogP contribution in [-0.4, -0.2) is 33.9 Å². The van der Waals surface area contributed by atoms with E-state index < -0.39 is 0 Å². The van der Waals surface area contributed by atoms with Crippen molar-refractivity contribution in [2.24, 2.45) is 0 Å². The normalized spacial score (nSPS) is 27.0. The summed E-state index contributed by atoms with van der Waals surface area (Å²) >= 11 is 0. The molecule has 2 aliphatic rings. The summed E-state index contributed by atoms with van der Waals surface area (Å²) < 4.78 is 0. The van der Waals surface area contributed by atoms with Gasteiger partial charge in [0.2, 0.25) is 0 Å². The molecule has 1 amide bonds. The summed E-state index contributed by atoms with van der Waals surface area (Å²) in [5.74, 6) is -0.0476. The highest BCUT2D eigenvalue weighted by Crippen LogP contribution is 2.37. The number of carbonyl (C=O) groups excluding carboxylic acids is 1. The van der Waals surface area contributed by atoms with Crippen molar-refractivity contribution in [3.05, 3.63) is 36.0 Å². The van der Waals surface area contributed by atoms with Crippen LogP contribution in [0.1, 0.15) is 29.6 Å². The zero-order chi connectivity index (χ0) is 14.4. The van der Waals surface area contributed by atoms with Crippen molar-refractivity contribution >= 4 is 16.8 Å². The number of fused-ring (bicyclic) bond motifs is 3. The van der Waals surface area contributed by atoms with Gasteiger partial charge in [-0.1, -0.05) is 0 Å². The van der Waals surface area contributed by atoms with E-state index in [1.807, 2.05) is 35.4 Å². The van der Waals surface area contributed by atoms with Crippen molar-refractivity contribution in [2.75, 3.05) is 0 Å². The van der Waals surface area contributed by atoms with Gasteiger partial charge >= 0.3 is 0 Å². The first-order chi connectivity index (χ1) is 10.3. The molecule has 106 valence electrons. The van der Waals surface area contributed by atoms with Crippen molar-refractivity contribution in [3.8, 4) is 6.19 Å².